The summed E-state index contributed by atoms with van der Waals surface area (Å²) in [5.41, 5.74) is 1.85. The number of rotatable bonds is 5. The zero-order valence-electron chi connectivity index (χ0n) is 14.3. The predicted octanol–water partition coefficient (Wildman–Crippen LogP) is 2.89. The van der Waals surface area contributed by atoms with Crippen LogP contribution in [-0.2, 0) is 16.1 Å². The van der Waals surface area contributed by atoms with Crippen LogP contribution in [0.2, 0.25) is 0 Å². The SMILES string of the molecule is Cc1ccc(NC(=O)[C@H]2CC(=O)N(Cc3ccccc3)C2)cc1[N+](=O)[O-]. The molecule has 1 aliphatic rings. The molecule has 1 heterocycles. The van der Waals surface area contributed by atoms with E-state index in [9.17, 15) is 19.7 Å². The molecule has 134 valence electrons. The van der Waals surface area contributed by atoms with Crippen molar-refractivity contribution in [1.29, 1.82) is 0 Å². The third kappa shape index (κ3) is 3.88. The van der Waals surface area contributed by atoms with E-state index in [1.54, 1.807) is 24.0 Å². The Labute approximate surface area is 150 Å². The molecule has 0 saturated carbocycles. The van der Waals surface area contributed by atoms with E-state index in [0.29, 0.717) is 24.3 Å². The fraction of sp³-hybridized carbons (Fsp3) is 0.263. The number of hydrogen-bond acceptors (Lipinski definition) is 4. The van der Waals surface area contributed by atoms with Crippen molar-refractivity contribution < 1.29 is 14.5 Å². The summed E-state index contributed by atoms with van der Waals surface area (Å²) in [4.78, 5) is 36.9. The summed E-state index contributed by atoms with van der Waals surface area (Å²) in [5.74, 6) is -0.831. The Morgan fingerprint density at radius 1 is 1.27 bits per heavy atom. The van der Waals surface area contributed by atoms with Gasteiger partial charge in [-0.05, 0) is 18.6 Å². The fourth-order valence-electron chi connectivity index (χ4n) is 3.03. The summed E-state index contributed by atoms with van der Waals surface area (Å²) >= 11 is 0. The molecule has 2 aromatic rings. The number of carbonyl (C=O) groups excluding carboxylic acids is 2. The van der Waals surface area contributed by atoms with Crippen LogP contribution < -0.4 is 5.32 Å². The summed E-state index contributed by atoms with van der Waals surface area (Å²) in [7, 11) is 0. The standard InChI is InChI=1S/C19H19N3O4/c1-13-7-8-16(10-17(13)22(25)26)20-19(24)15-9-18(23)21(12-15)11-14-5-3-2-4-6-14/h2-8,10,15H,9,11-12H2,1H3,(H,20,24)/t15-/m0/s1. The lowest BCUT2D eigenvalue weighted by Crippen LogP contribution is -2.28. The molecule has 2 amide bonds. The molecule has 1 aliphatic heterocycles. The zero-order valence-corrected chi connectivity index (χ0v) is 14.3. The minimum absolute atomic E-state index is 0.0454. The number of hydrogen-bond donors (Lipinski definition) is 1. The normalized spacial score (nSPS) is 16.6. The number of nitrogens with one attached hydrogen (secondary N) is 1. The van der Waals surface area contributed by atoms with Crippen LogP contribution in [0.5, 0.6) is 0 Å². The van der Waals surface area contributed by atoms with Crippen molar-refractivity contribution in [2.75, 3.05) is 11.9 Å². The van der Waals surface area contributed by atoms with Gasteiger partial charge >= 0.3 is 0 Å². The second-order valence-electron chi connectivity index (χ2n) is 6.41. The van der Waals surface area contributed by atoms with E-state index in [-0.39, 0.29) is 23.9 Å². The van der Waals surface area contributed by atoms with Gasteiger partial charge in [-0.3, -0.25) is 19.7 Å². The molecule has 0 radical (unpaired) electrons. The fourth-order valence-corrected chi connectivity index (χ4v) is 3.03. The summed E-state index contributed by atoms with van der Waals surface area (Å²) < 4.78 is 0. The highest BCUT2D eigenvalue weighted by Gasteiger charge is 2.34. The van der Waals surface area contributed by atoms with Gasteiger partial charge in [0.1, 0.15) is 0 Å². The number of anilines is 1. The van der Waals surface area contributed by atoms with E-state index >= 15 is 0 Å². The second-order valence-corrected chi connectivity index (χ2v) is 6.41. The van der Waals surface area contributed by atoms with Gasteiger partial charge in [-0.25, -0.2) is 0 Å². The van der Waals surface area contributed by atoms with Crippen molar-refractivity contribution in [3.8, 4) is 0 Å². The Hall–Kier alpha value is -3.22. The lowest BCUT2D eigenvalue weighted by molar-refractivity contribution is -0.385. The van der Waals surface area contributed by atoms with Gasteiger partial charge in [0.2, 0.25) is 11.8 Å². The van der Waals surface area contributed by atoms with E-state index < -0.39 is 10.8 Å². The second kappa shape index (κ2) is 7.35. The van der Waals surface area contributed by atoms with Gasteiger partial charge in [0.05, 0.1) is 10.8 Å². The molecule has 0 bridgehead atoms. The van der Waals surface area contributed by atoms with Gasteiger partial charge in [0, 0.05) is 36.8 Å². The Balaban J connectivity index is 1.65. The van der Waals surface area contributed by atoms with Crippen molar-refractivity contribution in [3.05, 3.63) is 69.8 Å². The van der Waals surface area contributed by atoms with Crippen LogP contribution in [0.4, 0.5) is 11.4 Å². The molecule has 1 N–H and O–H groups in total. The number of likely N-dealkylation sites (tertiary alicyclic amines) is 1. The molecule has 0 aromatic heterocycles. The van der Waals surface area contributed by atoms with Crippen molar-refractivity contribution in [2.24, 2.45) is 5.92 Å². The zero-order chi connectivity index (χ0) is 18.7. The van der Waals surface area contributed by atoms with Gasteiger partial charge in [-0.15, -0.1) is 0 Å². The lowest BCUT2D eigenvalue weighted by atomic mass is 10.1. The van der Waals surface area contributed by atoms with Crippen molar-refractivity contribution in [1.82, 2.24) is 4.90 Å². The molecular formula is C19H19N3O4. The lowest BCUT2D eigenvalue weighted by Gasteiger charge is -2.16. The first-order valence-corrected chi connectivity index (χ1v) is 8.31. The van der Waals surface area contributed by atoms with E-state index in [1.807, 2.05) is 30.3 Å². The molecule has 7 heteroatoms. The first-order chi connectivity index (χ1) is 12.4. The molecule has 1 saturated heterocycles. The maximum Gasteiger partial charge on any atom is 0.274 e. The Morgan fingerprint density at radius 2 is 2.00 bits per heavy atom. The smallest absolute Gasteiger partial charge is 0.274 e. The van der Waals surface area contributed by atoms with Crippen LogP contribution in [-0.4, -0.2) is 28.2 Å². The Bertz CT molecular complexity index is 851. The van der Waals surface area contributed by atoms with Crippen LogP contribution in [0.15, 0.2) is 48.5 Å². The highest BCUT2D eigenvalue weighted by Crippen LogP contribution is 2.25. The molecule has 0 aliphatic carbocycles. The van der Waals surface area contributed by atoms with Crippen LogP contribution in [0.1, 0.15) is 17.5 Å². The highest BCUT2D eigenvalue weighted by molar-refractivity contribution is 5.97. The van der Waals surface area contributed by atoms with Crippen molar-refractivity contribution >= 4 is 23.2 Å². The van der Waals surface area contributed by atoms with Crippen molar-refractivity contribution in [3.63, 3.8) is 0 Å². The number of nitro benzene ring substituents is 1. The summed E-state index contributed by atoms with van der Waals surface area (Å²) in [5, 5.41) is 13.7. The van der Waals surface area contributed by atoms with Gasteiger partial charge in [0.15, 0.2) is 0 Å². The summed E-state index contributed by atoms with van der Waals surface area (Å²) in [6.07, 6.45) is 0.145. The number of carbonyl (C=O) groups is 2. The third-order valence-electron chi connectivity index (χ3n) is 4.47. The van der Waals surface area contributed by atoms with Crippen LogP contribution in [0, 0.1) is 23.0 Å². The molecular weight excluding hydrogens is 334 g/mol. The molecule has 2 aromatic carbocycles. The highest BCUT2D eigenvalue weighted by atomic mass is 16.6. The molecule has 26 heavy (non-hydrogen) atoms. The largest absolute Gasteiger partial charge is 0.338 e. The predicted molar refractivity (Wildman–Crippen MR) is 96.4 cm³/mol. The average Bonchev–Trinajstić information content (AvgIpc) is 2.98. The topological polar surface area (TPSA) is 92.6 Å². The van der Waals surface area contributed by atoms with Gasteiger partial charge in [-0.2, -0.15) is 0 Å². The monoisotopic (exact) mass is 353 g/mol. The van der Waals surface area contributed by atoms with Gasteiger partial charge < -0.3 is 10.2 Å². The first kappa shape index (κ1) is 17.6. The Morgan fingerprint density at radius 3 is 2.69 bits per heavy atom. The Kier molecular flexibility index (Phi) is 4.97. The number of amides is 2. The molecule has 7 nitrogen and oxygen atoms in total. The first-order valence-electron chi connectivity index (χ1n) is 8.31. The van der Waals surface area contributed by atoms with Gasteiger partial charge in [0.25, 0.3) is 5.69 Å². The molecule has 0 unspecified atom stereocenters. The van der Waals surface area contributed by atoms with E-state index in [1.165, 1.54) is 6.07 Å². The van der Waals surface area contributed by atoms with Crippen LogP contribution >= 0.6 is 0 Å². The minimum atomic E-state index is -0.480. The van der Waals surface area contributed by atoms with Gasteiger partial charge in [-0.1, -0.05) is 36.4 Å². The van der Waals surface area contributed by atoms with Crippen LogP contribution in [0.3, 0.4) is 0 Å². The summed E-state index contributed by atoms with van der Waals surface area (Å²) in [6.45, 7) is 2.45. The van der Waals surface area contributed by atoms with E-state index in [0.717, 1.165) is 5.56 Å². The molecule has 1 atom stereocenters. The molecule has 0 spiro atoms. The number of nitro groups is 1. The number of aryl methyl sites for hydroxylation is 1. The average molecular weight is 353 g/mol. The molecule has 1 fully saturated rings. The maximum atomic E-state index is 12.5. The summed E-state index contributed by atoms with van der Waals surface area (Å²) in [6, 6.07) is 14.2. The third-order valence-corrected chi connectivity index (χ3v) is 4.47. The van der Waals surface area contributed by atoms with E-state index in [2.05, 4.69) is 5.32 Å². The minimum Gasteiger partial charge on any atom is -0.338 e. The quantitative estimate of drug-likeness (QED) is 0.661. The maximum absolute atomic E-state index is 12.5. The van der Waals surface area contributed by atoms with Crippen LogP contribution in [0.25, 0.3) is 0 Å². The number of nitrogens with zero attached hydrogens (tertiary/aromatic N) is 2. The van der Waals surface area contributed by atoms with Crippen molar-refractivity contribution in [2.45, 2.75) is 19.9 Å². The number of benzene rings is 2. The van der Waals surface area contributed by atoms with E-state index in [4.69, 9.17) is 0 Å². The molecule has 3 rings (SSSR count).